The maximum atomic E-state index is 12.6. The molecule has 1 aromatic carbocycles. The zero-order valence-electron chi connectivity index (χ0n) is 17.5. The number of aromatic nitrogens is 1. The Morgan fingerprint density at radius 3 is 2.67 bits per heavy atom. The molecule has 2 atom stereocenters. The van der Waals surface area contributed by atoms with Crippen molar-refractivity contribution in [2.45, 2.75) is 44.7 Å². The van der Waals surface area contributed by atoms with Crippen molar-refractivity contribution in [3.05, 3.63) is 59.4 Å². The van der Waals surface area contributed by atoms with Crippen LogP contribution >= 0.6 is 11.6 Å². The van der Waals surface area contributed by atoms with Crippen molar-refractivity contribution in [2.75, 3.05) is 31.5 Å². The number of nitrogens with zero attached hydrogens (tertiary/aromatic N) is 3. The number of piperidine rings is 1. The van der Waals surface area contributed by atoms with Gasteiger partial charge in [-0.2, -0.15) is 0 Å². The van der Waals surface area contributed by atoms with E-state index in [1.54, 1.807) is 12.1 Å². The molecule has 2 aliphatic rings. The van der Waals surface area contributed by atoms with Crippen molar-refractivity contribution >= 4 is 23.2 Å². The van der Waals surface area contributed by atoms with E-state index in [1.807, 2.05) is 30.6 Å². The summed E-state index contributed by atoms with van der Waals surface area (Å²) in [4.78, 5) is 22.0. The van der Waals surface area contributed by atoms with Crippen LogP contribution in [0, 0.1) is 5.92 Å². The average Bonchev–Trinajstić information content (AvgIpc) is 3.29. The van der Waals surface area contributed by atoms with Crippen LogP contribution in [0.2, 0.25) is 5.02 Å². The van der Waals surface area contributed by atoms with E-state index in [1.165, 1.54) is 37.9 Å². The topological polar surface area (TPSA) is 48.5 Å². The highest BCUT2D eigenvalue weighted by atomic mass is 35.5. The number of rotatable bonds is 7. The molecular weight excluding hydrogens is 396 g/mol. The molecule has 6 heteroatoms. The van der Waals surface area contributed by atoms with Gasteiger partial charge in [-0.15, -0.1) is 0 Å². The van der Waals surface area contributed by atoms with Gasteiger partial charge in [0, 0.05) is 48.7 Å². The third-order valence-corrected chi connectivity index (χ3v) is 6.64. The number of likely N-dealkylation sites (tertiary alicyclic amines) is 2. The lowest BCUT2D eigenvalue weighted by atomic mass is 9.86. The van der Waals surface area contributed by atoms with E-state index < -0.39 is 0 Å². The maximum Gasteiger partial charge on any atom is 0.224 e. The number of carbonyl (C=O) groups is 1. The molecule has 2 aromatic rings. The Bertz CT molecular complexity index is 808. The summed E-state index contributed by atoms with van der Waals surface area (Å²) in [6.45, 7) is 5.52. The Hall–Kier alpha value is -1.95. The van der Waals surface area contributed by atoms with Crippen LogP contribution in [-0.2, 0) is 11.3 Å². The third-order valence-electron chi connectivity index (χ3n) is 6.39. The first-order chi connectivity index (χ1) is 14.7. The van der Waals surface area contributed by atoms with E-state index in [-0.39, 0.29) is 5.91 Å². The summed E-state index contributed by atoms with van der Waals surface area (Å²) in [5.41, 5.74) is 2.07. The number of nitrogens with one attached hydrogen (secondary N) is 1. The molecule has 30 heavy (non-hydrogen) atoms. The van der Waals surface area contributed by atoms with Crippen LogP contribution in [0.1, 0.15) is 37.7 Å². The number of hydrogen-bond acceptors (Lipinski definition) is 4. The minimum atomic E-state index is 0.0851. The summed E-state index contributed by atoms with van der Waals surface area (Å²) in [5.74, 6) is 0.603. The molecule has 160 valence electrons. The number of anilines is 1. The Balaban J connectivity index is 1.35. The van der Waals surface area contributed by atoms with E-state index in [2.05, 4.69) is 26.2 Å². The number of amides is 1. The van der Waals surface area contributed by atoms with Crippen molar-refractivity contribution < 1.29 is 4.79 Å². The van der Waals surface area contributed by atoms with Crippen LogP contribution in [0.4, 0.5) is 5.69 Å². The molecular formula is C24H31ClN4O. The molecule has 1 N–H and O–H groups in total. The summed E-state index contributed by atoms with van der Waals surface area (Å²) in [5, 5.41) is 3.69. The van der Waals surface area contributed by atoms with E-state index in [0.717, 1.165) is 31.7 Å². The molecule has 2 fully saturated rings. The zero-order chi connectivity index (χ0) is 20.8. The van der Waals surface area contributed by atoms with Crippen LogP contribution in [0.3, 0.4) is 0 Å². The lowest BCUT2D eigenvalue weighted by Crippen LogP contribution is -2.50. The molecule has 0 radical (unpaired) electrons. The smallest absolute Gasteiger partial charge is 0.224 e. The van der Waals surface area contributed by atoms with Crippen LogP contribution in [-0.4, -0.2) is 52.9 Å². The number of benzene rings is 1. The molecule has 2 aliphatic heterocycles. The minimum absolute atomic E-state index is 0.0851. The standard InChI is InChI=1S/C24H31ClN4O/c25-21-6-8-22(9-7-21)27-24(30)10-5-20-18-28(17-19-4-3-12-26-16-19)15-11-23(20)29-13-1-2-14-29/h3-4,6-9,12,16,20,23H,1-2,5,10-11,13-15,17-18H2,(H,27,30)/t20-,23+/m0/s1. The second-order valence-electron chi connectivity index (χ2n) is 8.55. The number of pyridine rings is 1. The Morgan fingerprint density at radius 1 is 1.13 bits per heavy atom. The number of carbonyl (C=O) groups excluding carboxylic acids is 1. The third kappa shape index (κ3) is 5.81. The van der Waals surface area contributed by atoms with Gasteiger partial charge in [-0.25, -0.2) is 0 Å². The van der Waals surface area contributed by atoms with Crippen molar-refractivity contribution in [1.82, 2.24) is 14.8 Å². The Kier molecular flexibility index (Phi) is 7.37. The molecule has 2 saturated heterocycles. The average molecular weight is 427 g/mol. The first-order valence-electron chi connectivity index (χ1n) is 11.1. The fraction of sp³-hybridized carbons (Fsp3) is 0.500. The van der Waals surface area contributed by atoms with Crippen molar-refractivity contribution in [1.29, 1.82) is 0 Å². The SMILES string of the molecule is O=C(CC[C@H]1CN(Cc2cccnc2)CC[C@H]1N1CCCC1)Nc1ccc(Cl)cc1. The van der Waals surface area contributed by atoms with Gasteiger partial charge in [-0.3, -0.25) is 14.7 Å². The van der Waals surface area contributed by atoms with E-state index >= 15 is 0 Å². The predicted octanol–water partition coefficient (Wildman–Crippen LogP) is 4.44. The lowest BCUT2D eigenvalue weighted by molar-refractivity contribution is -0.116. The summed E-state index contributed by atoms with van der Waals surface area (Å²) < 4.78 is 0. The molecule has 0 spiro atoms. The van der Waals surface area contributed by atoms with Crippen LogP contribution < -0.4 is 5.32 Å². The fourth-order valence-electron chi connectivity index (χ4n) is 4.90. The van der Waals surface area contributed by atoms with E-state index in [4.69, 9.17) is 11.6 Å². The second kappa shape index (κ2) is 10.4. The molecule has 0 aliphatic carbocycles. The first-order valence-corrected chi connectivity index (χ1v) is 11.5. The summed E-state index contributed by atoms with van der Waals surface area (Å²) >= 11 is 5.93. The lowest BCUT2D eigenvalue weighted by Gasteiger charge is -2.43. The largest absolute Gasteiger partial charge is 0.326 e. The van der Waals surface area contributed by atoms with Crippen LogP contribution in [0.25, 0.3) is 0 Å². The summed E-state index contributed by atoms with van der Waals surface area (Å²) in [6.07, 6.45) is 9.05. The highest BCUT2D eigenvalue weighted by Crippen LogP contribution is 2.29. The van der Waals surface area contributed by atoms with Crippen molar-refractivity contribution in [2.24, 2.45) is 5.92 Å². The highest BCUT2D eigenvalue weighted by Gasteiger charge is 2.34. The van der Waals surface area contributed by atoms with Crippen molar-refractivity contribution in [3.8, 4) is 0 Å². The number of hydrogen-bond donors (Lipinski definition) is 1. The molecule has 5 nitrogen and oxygen atoms in total. The molecule has 3 heterocycles. The van der Waals surface area contributed by atoms with Crippen LogP contribution in [0.15, 0.2) is 48.8 Å². The van der Waals surface area contributed by atoms with Gasteiger partial charge < -0.3 is 10.2 Å². The maximum absolute atomic E-state index is 12.6. The fourth-order valence-corrected chi connectivity index (χ4v) is 5.03. The van der Waals surface area contributed by atoms with Crippen molar-refractivity contribution in [3.63, 3.8) is 0 Å². The van der Waals surface area contributed by atoms with Gasteiger partial charge >= 0.3 is 0 Å². The van der Waals surface area contributed by atoms with E-state index in [9.17, 15) is 4.79 Å². The Labute approximate surface area is 184 Å². The monoisotopic (exact) mass is 426 g/mol. The van der Waals surface area contributed by atoms with Gasteiger partial charge in [-0.1, -0.05) is 17.7 Å². The highest BCUT2D eigenvalue weighted by molar-refractivity contribution is 6.30. The number of halogens is 1. The van der Waals surface area contributed by atoms with Gasteiger partial charge in [0.2, 0.25) is 5.91 Å². The molecule has 1 aromatic heterocycles. The summed E-state index contributed by atoms with van der Waals surface area (Å²) in [7, 11) is 0. The second-order valence-corrected chi connectivity index (χ2v) is 8.99. The molecule has 0 saturated carbocycles. The van der Waals surface area contributed by atoms with Gasteiger partial charge in [0.05, 0.1) is 0 Å². The minimum Gasteiger partial charge on any atom is -0.326 e. The van der Waals surface area contributed by atoms with Gasteiger partial charge in [0.15, 0.2) is 0 Å². The van der Waals surface area contributed by atoms with Gasteiger partial charge in [0.25, 0.3) is 0 Å². The van der Waals surface area contributed by atoms with E-state index in [0.29, 0.717) is 23.4 Å². The Morgan fingerprint density at radius 2 is 1.93 bits per heavy atom. The molecule has 0 unspecified atom stereocenters. The quantitative estimate of drug-likeness (QED) is 0.711. The molecule has 0 bridgehead atoms. The van der Waals surface area contributed by atoms with Crippen LogP contribution in [0.5, 0.6) is 0 Å². The molecule has 1 amide bonds. The van der Waals surface area contributed by atoms with Gasteiger partial charge in [0.1, 0.15) is 0 Å². The zero-order valence-corrected chi connectivity index (χ0v) is 18.2. The predicted molar refractivity (Wildman–Crippen MR) is 122 cm³/mol. The van der Waals surface area contributed by atoms with Gasteiger partial charge in [-0.05, 0) is 87.1 Å². The first kappa shape index (κ1) is 21.3. The normalized spacial score (nSPS) is 22.8. The molecule has 4 rings (SSSR count). The summed E-state index contributed by atoms with van der Waals surface area (Å²) in [6, 6.07) is 12.1.